The molecule has 0 fully saturated rings. The second-order valence-corrected chi connectivity index (χ2v) is 4.28. The molecule has 1 aromatic carbocycles. The maximum atomic E-state index is 11.0. The van der Waals surface area contributed by atoms with Gasteiger partial charge in [-0.3, -0.25) is 14.9 Å². The number of hydrogen-bond acceptors (Lipinski definition) is 4. The van der Waals surface area contributed by atoms with E-state index in [4.69, 9.17) is 9.84 Å². The van der Waals surface area contributed by atoms with E-state index in [-0.39, 0.29) is 32.5 Å². The maximum absolute atomic E-state index is 11.0. The Balaban J connectivity index is 0.00000180. The third-order valence-electron chi connectivity index (χ3n) is 3.32. The van der Waals surface area contributed by atoms with E-state index in [0.29, 0.717) is 24.2 Å². The average Bonchev–Trinajstić information content (AvgIpc) is 2.36. The number of nitro benzene ring substituents is 1. The number of ether oxygens (including phenoxy) is 1. The first-order valence-electron chi connectivity index (χ1n) is 5.60. The van der Waals surface area contributed by atoms with Gasteiger partial charge >= 0.3 is 5.97 Å². The van der Waals surface area contributed by atoms with Crippen LogP contribution in [0.1, 0.15) is 17.5 Å². The number of carboxylic acid groups (broad SMARTS) is 1. The Morgan fingerprint density at radius 3 is 2.68 bits per heavy atom. The molecule has 0 amide bonds. The minimum Gasteiger partial charge on any atom is -0.496 e. The molecule has 0 aromatic heterocycles. The van der Waals surface area contributed by atoms with Crippen molar-refractivity contribution in [2.75, 3.05) is 7.11 Å². The molecule has 0 saturated carbocycles. The first-order valence-corrected chi connectivity index (χ1v) is 5.60. The number of rotatable bonds is 3. The van der Waals surface area contributed by atoms with Crippen molar-refractivity contribution in [1.82, 2.24) is 0 Å². The predicted octanol–water partition coefficient (Wildman–Crippen LogP) is 1.79. The van der Waals surface area contributed by atoms with Gasteiger partial charge in [-0.15, -0.1) is 0 Å². The quantitative estimate of drug-likeness (QED) is 0.575. The van der Waals surface area contributed by atoms with Gasteiger partial charge in [0, 0.05) is 37.6 Å². The van der Waals surface area contributed by atoms with E-state index in [0.717, 1.165) is 5.56 Å². The Morgan fingerprint density at radius 1 is 1.47 bits per heavy atom. The molecule has 7 heteroatoms. The summed E-state index contributed by atoms with van der Waals surface area (Å²) in [5.74, 6) is -0.861. The number of nitro groups is 1. The third kappa shape index (κ3) is 2.94. The SMILES string of the molecule is COc1ccc([N+](=O)[O-])c2c1CCC(C(=O)O)C2.[Re]. The smallest absolute Gasteiger partial charge is 0.306 e. The fraction of sp³-hybridized carbons (Fsp3) is 0.417. The molecule has 0 saturated heterocycles. The number of methoxy groups -OCH3 is 1. The Morgan fingerprint density at radius 2 is 2.16 bits per heavy atom. The van der Waals surface area contributed by atoms with E-state index in [2.05, 4.69) is 0 Å². The number of nitrogens with zero attached hydrogens (tertiary/aromatic N) is 1. The van der Waals surface area contributed by atoms with Gasteiger partial charge in [0.2, 0.25) is 0 Å². The second-order valence-electron chi connectivity index (χ2n) is 4.28. The van der Waals surface area contributed by atoms with E-state index in [9.17, 15) is 14.9 Å². The number of carboxylic acids is 1. The molecule has 1 aliphatic rings. The van der Waals surface area contributed by atoms with Crippen molar-refractivity contribution in [3.05, 3.63) is 33.4 Å². The van der Waals surface area contributed by atoms with Crippen molar-refractivity contribution < 1.29 is 40.0 Å². The molecule has 1 radical (unpaired) electrons. The molecule has 103 valence electrons. The molecule has 2 rings (SSSR count). The largest absolute Gasteiger partial charge is 0.496 e. The zero-order valence-corrected chi connectivity index (χ0v) is 13.0. The molecular formula is C12H13NO5Re. The van der Waals surface area contributed by atoms with Gasteiger partial charge in [-0.1, -0.05) is 0 Å². The van der Waals surface area contributed by atoms with Crippen molar-refractivity contribution in [1.29, 1.82) is 0 Å². The minimum atomic E-state index is -0.905. The summed E-state index contributed by atoms with van der Waals surface area (Å²) in [5, 5.41) is 20.0. The molecule has 1 aliphatic carbocycles. The standard InChI is InChI=1S/C12H13NO5.Re/c1-18-11-5-4-10(13(16)17)9-6-7(12(14)15)2-3-8(9)11;/h4-5,7H,2-3,6H2,1H3,(H,14,15);. The van der Waals surface area contributed by atoms with Crippen LogP contribution in [0.3, 0.4) is 0 Å². The summed E-state index contributed by atoms with van der Waals surface area (Å²) >= 11 is 0. The second kappa shape index (κ2) is 6.13. The first kappa shape index (κ1) is 15.6. The molecular weight excluding hydrogens is 424 g/mol. The van der Waals surface area contributed by atoms with Crippen molar-refractivity contribution in [3.63, 3.8) is 0 Å². The summed E-state index contributed by atoms with van der Waals surface area (Å²) in [6, 6.07) is 2.94. The van der Waals surface area contributed by atoms with Gasteiger partial charge < -0.3 is 9.84 Å². The Bertz CT molecular complexity index is 517. The van der Waals surface area contributed by atoms with Gasteiger partial charge in [-0.2, -0.15) is 0 Å². The van der Waals surface area contributed by atoms with E-state index in [1.54, 1.807) is 6.07 Å². The predicted molar refractivity (Wildman–Crippen MR) is 62.8 cm³/mol. The summed E-state index contributed by atoms with van der Waals surface area (Å²) in [5.41, 5.74) is 1.25. The maximum Gasteiger partial charge on any atom is 0.306 e. The number of carbonyl (C=O) groups is 1. The van der Waals surface area contributed by atoms with E-state index >= 15 is 0 Å². The zero-order chi connectivity index (χ0) is 13.3. The van der Waals surface area contributed by atoms with Gasteiger partial charge in [0.15, 0.2) is 0 Å². The molecule has 0 heterocycles. The number of aliphatic carboxylic acids is 1. The third-order valence-corrected chi connectivity index (χ3v) is 3.32. The normalized spacial score (nSPS) is 17.0. The molecule has 6 nitrogen and oxygen atoms in total. The van der Waals surface area contributed by atoms with E-state index < -0.39 is 16.8 Å². The van der Waals surface area contributed by atoms with Crippen LogP contribution in [0.4, 0.5) is 5.69 Å². The van der Waals surface area contributed by atoms with Crippen LogP contribution in [0.15, 0.2) is 12.1 Å². The topological polar surface area (TPSA) is 89.7 Å². The van der Waals surface area contributed by atoms with Crippen LogP contribution in [0.5, 0.6) is 5.75 Å². The Labute approximate surface area is 123 Å². The summed E-state index contributed by atoms with van der Waals surface area (Å²) in [6.45, 7) is 0. The fourth-order valence-corrected chi connectivity index (χ4v) is 2.40. The number of fused-ring (bicyclic) bond motifs is 1. The van der Waals surface area contributed by atoms with Gasteiger partial charge in [0.05, 0.1) is 18.0 Å². The molecule has 19 heavy (non-hydrogen) atoms. The van der Waals surface area contributed by atoms with Crippen molar-refractivity contribution >= 4 is 11.7 Å². The minimum absolute atomic E-state index is 0. The Kier molecular flexibility index (Phi) is 5.04. The average molecular weight is 437 g/mol. The molecule has 1 unspecified atom stereocenters. The van der Waals surface area contributed by atoms with Crippen LogP contribution in [0.2, 0.25) is 0 Å². The van der Waals surface area contributed by atoms with Crippen LogP contribution in [0.25, 0.3) is 0 Å². The van der Waals surface area contributed by atoms with Crippen molar-refractivity contribution in [3.8, 4) is 5.75 Å². The Hall–Kier alpha value is -1.45. The molecule has 0 aliphatic heterocycles. The molecule has 1 N–H and O–H groups in total. The zero-order valence-electron chi connectivity index (χ0n) is 10.3. The van der Waals surface area contributed by atoms with Crippen molar-refractivity contribution in [2.45, 2.75) is 19.3 Å². The van der Waals surface area contributed by atoms with Gasteiger partial charge in [0.1, 0.15) is 5.75 Å². The number of benzene rings is 1. The van der Waals surface area contributed by atoms with Gasteiger partial charge in [-0.05, 0) is 25.3 Å². The van der Waals surface area contributed by atoms with Crippen molar-refractivity contribution in [2.24, 2.45) is 5.92 Å². The van der Waals surface area contributed by atoms with Gasteiger partial charge in [0.25, 0.3) is 5.69 Å². The van der Waals surface area contributed by atoms with Gasteiger partial charge in [-0.25, -0.2) is 0 Å². The number of hydrogen-bond donors (Lipinski definition) is 1. The first-order chi connectivity index (χ1) is 8.54. The fourth-order valence-electron chi connectivity index (χ4n) is 2.40. The molecule has 0 spiro atoms. The molecule has 1 atom stereocenters. The summed E-state index contributed by atoms with van der Waals surface area (Å²) in [7, 11) is 1.50. The molecule has 0 bridgehead atoms. The van der Waals surface area contributed by atoms with E-state index in [1.807, 2.05) is 0 Å². The monoisotopic (exact) mass is 438 g/mol. The molecule has 1 aromatic rings. The van der Waals surface area contributed by atoms with Crippen LogP contribution in [-0.2, 0) is 38.1 Å². The van der Waals surface area contributed by atoms with Crippen LogP contribution >= 0.6 is 0 Å². The van der Waals surface area contributed by atoms with E-state index in [1.165, 1.54) is 13.2 Å². The van der Waals surface area contributed by atoms with Crippen LogP contribution in [-0.4, -0.2) is 23.1 Å². The summed E-state index contributed by atoms with van der Waals surface area (Å²) in [6.07, 6.45) is 1.18. The van der Waals surface area contributed by atoms with Crippen LogP contribution in [0, 0.1) is 16.0 Å². The summed E-state index contributed by atoms with van der Waals surface area (Å²) in [4.78, 5) is 21.5. The summed E-state index contributed by atoms with van der Waals surface area (Å²) < 4.78 is 5.17. The van der Waals surface area contributed by atoms with Crippen LogP contribution < -0.4 is 4.74 Å².